The standard InChI is InChI=1S/C12H11F3O3/c13-12(14,15)8-3-1-7(2-4-8)9-5-6-10(18-9)11(16)17/h1-4,9-10H,5-6H2,(H,16,17). The molecule has 1 heterocycles. The highest BCUT2D eigenvalue weighted by Crippen LogP contribution is 2.35. The maximum Gasteiger partial charge on any atom is 0.416 e. The second-order valence-electron chi connectivity index (χ2n) is 4.15. The predicted molar refractivity (Wildman–Crippen MR) is 55.9 cm³/mol. The first kappa shape index (κ1) is 12.9. The summed E-state index contributed by atoms with van der Waals surface area (Å²) in [7, 11) is 0. The number of benzene rings is 1. The van der Waals surface area contributed by atoms with Gasteiger partial charge >= 0.3 is 12.1 Å². The summed E-state index contributed by atoms with van der Waals surface area (Å²) in [5.74, 6) is -1.04. The molecule has 1 aromatic carbocycles. The number of hydrogen-bond acceptors (Lipinski definition) is 2. The van der Waals surface area contributed by atoms with Crippen molar-refractivity contribution < 1.29 is 27.8 Å². The van der Waals surface area contributed by atoms with Crippen molar-refractivity contribution in [3.8, 4) is 0 Å². The van der Waals surface area contributed by atoms with Crippen LogP contribution in [0.3, 0.4) is 0 Å². The maximum atomic E-state index is 12.4. The molecule has 0 saturated carbocycles. The van der Waals surface area contributed by atoms with E-state index < -0.39 is 29.9 Å². The molecule has 2 atom stereocenters. The summed E-state index contributed by atoms with van der Waals surface area (Å²) in [5.41, 5.74) is -0.147. The molecule has 18 heavy (non-hydrogen) atoms. The van der Waals surface area contributed by atoms with Gasteiger partial charge in [0.05, 0.1) is 11.7 Å². The molecule has 0 aliphatic carbocycles. The highest BCUT2D eigenvalue weighted by molar-refractivity contribution is 5.72. The van der Waals surface area contributed by atoms with Crippen LogP contribution in [0.1, 0.15) is 30.1 Å². The summed E-state index contributed by atoms with van der Waals surface area (Å²) in [4.78, 5) is 10.7. The lowest BCUT2D eigenvalue weighted by Gasteiger charge is -2.13. The molecule has 0 amide bonds. The van der Waals surface area contributed by atoms with Crippen molar-refractivity contribution in [3.63, 3.8) is 0 Å². The van der Waals surface area contributed by atoms with Crippen molar-refractivity contribution in [2.24, 2.45) is 0 Å². The van der Waals surface area contributed by atoms with Gasteiger partial charge in [-0.05, 0) is 30.5 Å². The van der Waals surface area contributed by atoms with Crippen molar-refractivity contribution in [1.82, 2.24) is 0 Å². The van der Waals surface area contributed by atoms with Gasteiger partial charge in [0.2, 0.25) is 0 Å². The van der Waals surface area contributed by atoms with Gasteiger partial charge in [0, 0.05) is 0 Å². The number of alkyl halides is 3. The van der Waals surface area contributed by atoms with Gasteiger partial charge in [-0.15, -0.1) is 0 Å². The van der Waals surface area contributed by atoms with Crippen LogP contribution in [0.15, 0.2) is 24.3 Å². The van der Waals surface area contributed by atoms with Crippen LogP contribution in [0.2, 0.25) is 0 Å². The molecule has 98 valence electrons. The van der Waals surface area contributed by atoms with Gasteiger partial charge in [-0.1, -0.05) is 12.1 Å². The Bertz CT molecular complexity index is 439. The SMILES string of the molecule is O=C(O)C1CCC(c2ccc(C(F)(F)F)cc2)O1. The molecule has 1 aliphatic rings. The summed E-state index contributed by atoms with van der Waals surface area (Å²) in [6.45, 7) is 0. The highest BCUT2D eigenvalue weighted by Gasteiger charge is 2.33. The van der Waals surface area contributed by atoms with Crippen LogP contribution >= 0.6 is 0 Å². The number of aliphatic carboxylic acids is 1. The van der Waals surface area contributed by atoms with Crippen LogP contribution in [0.25, 0.3) is 0 Å². The molecule has 1 fully saturated rings. The van der Waals surface area contributed by atoms with E-state index in [0.29, 0.717) is 18.4 Å². The topological polar surface area (TPSA) is 46.5 Å². The molecule has 1 N–H and O–H groups in total. The second-order valence-corrected chi connectivity index (χ2v) is 4.15. The van der Waals surface area contributed by atoms with E-state index in [1.807, 2.05) is 0 Å². The lowest BCUT2D eigenvalue weighted by Crippen LogP contribution is -2.18. The molecule has 0 spiro atoms. The molecule has 2 rings (SSSR count). The van der Waals surface area contributed by atoms with Gasteiger partial charge in [0.15, 0.2) is 6.10 Å². The van der Waals surface area contributed by atoms with Crippen LogP contribution in [0.5, 0.6) is 0 Å². The highest BCUT2D eigenvalue weighted by atomic mass is 19.4. The molecule has 6 heteroatoms. The van der Waals surface area contributed by atoms with Crippen molar-refractivity contribution >= 4 is 5.97 Å². The minimum absolute atomic E-state index is 0.376. The Morgan fingerprint density at radius 3 is 2.28 bits per heavy atom. The van der Waals surface area contributed by atoms with Gasteiger partial charge in [-0.3, -0.25) is 0 Å². The monoisotopic (exact) mass is 260 g/mol. The maximum absolute atomic E-state index is 12.4. The number of carboxylic acid groups (broad SMARTS) is 1. The van der Waals surface area contributed by atoms with Gasteiger partial charge in [0.1, 0.15) is 0 Å². The molecule has 1 saturated heterocycles. The van der Waals surface area contributed by atoms with E-state index in [9.17, 15) is 18.0 Å². The number of rotatable bonds is 2. The Kier molecular flexibility index (Phi) is 3.30. The van der Waals surface area contributed by atoms with E-state index in [1.165, 1.54) is 12.1 Å². The van der Waals surface area contributed by atoms with E-state index in [4.69, 9.17) is 9.84 Å². The van der Waals surface area contributed by atoms with Gasteiger partial charge in [-0.25, -0.2) is 4.79 Å². The fraction of sp³-hybridized carbons (Fsp3) is 0.417. The lowest BCUT2D eigenvalue weighted by molar-refractivity contribution is -0.149. The van der Waals surface area contributed by atoms with E-state index in [0.717, 1.165) is 12.1 Å². The quantitative estimate of drug-likeness (QED) is 0.889. The molecule has 1 aromatic rings. The van der Waals surface area contributed by atoms with Crippen LogP contribution < -0.4 is 0 Å². The Hall–Kier alpha value is -1.56. The van der Waals surface area contributed by atoms with Crippen LogP contribution in [-0.4, -0.2) is 17.2 Å². The van der Waals surface area contributed by atoms with Crippen molar-refractivity contribution in [2.75, 3.05) is 0 Å². The average Bonchev–Trinajstić information content (AvgIpc) is 2.77. The summed E-state index contributed by atoms with van der Waals surface area (Å²) in [5, 5.41) is 8.75. The zero-order chi connectivity index (χ0) is 13.3. The van der Waals surface area contributed by atoms with Crippen LogP contribution in [0, 0.1) is 0 Å². The molecular formula is C12H11F3O3. The molecule has 2 unspecified atom stereocenters. The van der Waals surface area contributed by atoms with E-state index in [2.05, 4.69) is 0 Å². The first-order chi connectivity index (χ1) is 8.38. The summed E-state index contributed by atoms with van der Waals surface area (Å²) >= 11 is 0. The zero-order valence-electron chi connectivity index (χ0n) is 9.28. The van der Waals surface area contributed by atoms with Crippen LogP contribution in [-0.2, 0) is 15.7 Å². The summed E-state index contributed by atoms with van der Waals surface area (Å²) in [6, 6.07) is 4.62. The fourth-order valence-electron chi connectivity index (χ4n) is 1.95. The molecular weight excluding hydrogens is 249 g/mol. The van der Waals surface area contributed by atoms with Crippen molar-refractivity contribution in [3.05, 3.63) is 35.4 Å². The predicted octanol–water partition coefficient (Wildman–Crippen LogP) is 3.01. The third-order valence-corrected chi connectivity index (χ3v) is 2.90. The first-order valence-electron chi connectivity index (χ1n) is 5.43. The van der Waals surface area contributed by atoms with E-state index in [-0.39, 0.29) is 0 Å². The third kappa shape index (κ3) is 2.64. The molecule has 1 aliphatic heterocycles. The third-order valence-electron chi connectivity index (χ3n) is 2.90. The number of ether oxygens (including phenoxy) is 1. The molecule has 0 bridgehead atoms. The van der Waals surface area contributed by atoms with Gasteiger partial charge < -0.3 is 9.84 Å². The van der Waals surface area contributed by atoms with Gasteiger partial charge in [0.25, 0.3) is 0 Å². The average molecular weight is 260 g/mol. The molecule has 0 aromatic heterocycles. The summed E-state index contributed by atoms with van der Waals surface area (Å²) in [6.07, 6.45) is -4.78. The number of carbonyl (C=O) groups is 1. The Labute approximate surface area is 101 Å². The van der Waals surface area contributed by atoms with E-state index >= 15 is 0 Å². The minimum atomic E-state index is -4.36. The normalized spacial score (nSPS) is 24.2. The van der Waals surface area contributed by atoms with Crippen LogP contribution in [0.4, 0.5) is 13.2 Å². The smallest absolute Gasteiger partial charge is 0.416 e. The number of carboxylic acids is 1. The largest absolute Gasteiger partial charge is 0.479 e. The van der Waals surface area contributed by atoms with Gasteiger partial charge in [-0.2, -0.15) is 13.2 Å². The first-order valence-corrected chi connectivity index (χ1v) is 5.43. The molecule has 3 nitrogen and oxygen atoms in total. The lowest BCUT2D eigenvalue weighted by atomic mass is 10.0. The zero-order valence-corrected chi connectivity index (χ0v) is 9.28. The number of halogens is 3. The number of hydrogen-bond donors (Lipinski definition) is 1. The Morgan fingerprint density at radius 2 is 1.83 bits per heavy atom. The summed E-state index contributed by atoms with van der Waals surface area (Å²) < 4.78 is 42.3. The minimum Gasteiger partial charge on any atom is -0.479 e. The molecule has 0 radical (unpaired) electrons. The van der Waals surface area contributed by atoms with Crippen molar-refractivity contribution in [1.29, 1.82) is 0 Å². The van der Waals surface area contributed by atoms with Crippen molar-refractivity contribution in [2.45, 2.75) is 31.2 Å². The fourth-order valence-corrected chi connectivity index (χ4v) is 1.95. The van der Waals surface area contributed by atoms with E-state index in [1.54, 1.807) is 0 Å². The second kappa shape index (κ2) is 4.61. The Morgan fingerprint density at radius 1 is 1.22 bits per heavy atom. The Balaban J connectivity index is 2.10.